The summed E-state index contributed by atoms with van der Waals surface area (Å²) >= 11 is 0. The molecule has 0 saturated carbocycles. The van der Waals surface area contributed by atoms with Gasteiger partial charge in [0, 0.05) is 12.6 Å². The van der Waals surface area contributed by atoms with Crippen LogP contribution in [0.25, 0.3) is 0 Å². The van der Waals surface area contributed by atoms with E-state index in [-0.39, 0.29) is 17.2 Å². The number of benzene rings is 2. The lowest BCUT2D eigenvalue weighted by Crippen LogP contribution is -2.61. The molecule has 2 atom stereocenters. The van der Waals surface area contributed by atoms with Gasteiger partial charge in [-0.2, -0.15) is 0 Å². The Bertz CT molecular complexity index is 990. The van der Waals surface area contributed by atoms with Crippen LogP contribution in [0.2, 0.25) is 0 Å². The molecular formula is C26H34N2O2. The molecule has 2 aliphatic rings. The first-order chi connectivity index (χ1) is 13.9. The van der Waals surface area contributed by atoms with E-state index in [0.717, 1.165) is 23.3 Å². The number of rotatable bonds is 1. The van der Waals surface area contributed by atoms with Crippen molar-refractivity contribution in [3.05, 3.63) is 64.7 Å². The lowest BCUT2D eigenvalue weighted by molar-refractivity contribution is -0.153. The summed E-state index contributed by atoms with van der Waals surface area (Å²) < 4.78 is 6.93. The first-order valence-corrected chi connectivity index (χ1v) is 10.8. The van der Waals surface area contributed by atoms with Crippen LogP contribution in [0.1, 0.15) is 62.8 Å². The molecule has 2 aromatic carbocycles. The van der Waals surface area contributed by atoms with Gasteiger partial charge in [0.2, 0.25) is 0 Å². The highest BCUT2D eigenvalue weighted by Crippen LogP contribution is 2.53. The maximum atomic E-state index is 13.9. The second-order valence-corrected chi connectivity index (χ2v) is 10.4. The smallest absolute Gasteiger partial charge is 0.284 e. The molecule has 0 aromatic heterocycles. The van der Waals surface area contributed by atoms with Crippen molar-refractivity contribution in [1.82, 2.24) is 9.80 Å². The van der Waals surface area contributed by atoms with Gasteiger partial charge in [0.1, 0.15) is 5.75 Å². The van der Waals surface area contributed by atoms with Crippen molar-refractivity contribution >= 4 is 5.91 Å². The molecule has 1 fully saturated rings. The zero-order chi connectivity index (χ0) is 22.1. The van der Waals surface area contributed by atoms with Gasteiger partial charge in [-0.15, -0.1) is 0 Å². The van der Waals surface area contributed by atoms with E-state index in [1.54, 1.807) is 0 Å². The number of aryl methyl sites for hydroxylation is 1. The molecule has 1 saturated heterocycles. The Morgan fingerprint density at radius 3 is 2.23 bits per heavy atom. The van der Waals surface area contributed by atoms with Crippen LogP contribution < -0.4 is 4.74 Å². The highest BCUT2D eigenvalue weighted by molar-refractivity contribution is 5.90. The van der Waals surface area contributed by atoms with E-state index in [2.05, 4.69) is 70.7 Å². The van der Waals surface area contributed by atoms with Gasteiger partial charge in [-0.1, -0.05) is 68.8 Å². The van der Waals surface area contributed by atoms with Gasteiger partial charge in [0.25, 0.3) is 11.6 Å². The summed E-state index contributed by atoms with van der Waals surface area (Å²) in [4.78, 5) is 17.9. The molecule has 1 amide bonds. The zero-order valence-corrected chi connectivity index (χ0v) is 19.5. The fourth-order valence-electron chi connectivity index (χ4n) is 5.05. The zero-order valence-electron chi connectivity index (χ0n) is 19.5. The highest BCUT2D eigenvalue weighted by Gasteiger charge is 2.66. The fourth-order valence-corrected chi connectivity index (χ4v) is 5.05. The minimum atomic E-state index is -1.07. The van der Waals surface area contributed by atoms with Crippen LogP contribution in [0, 0.1) is 6.92 Å². The van der Waals surface area contributed by atoms with Crippen molar-refractivity contribution in [2.24, 2.45) is 0 Å². The molecule has 0 aliphatic carbocycles. The summed E-state index contributed by atoms with van der Waals surface area (Å²) in [5.74, 6) is 0.809. The first-order valence-electron chi connectivity index (χ1n) is 10.8. The van der Waals surface area contributed by atoms with Crippen LogP contribution in [-0.2, 0) is 16.6 Å². The maximum Gasteiger partial charge on any atom is 0.284 e. The minimum Gasteiger partial charge on any atom is -0.462 e. The van der Waals surface area contributed by atoms with Crippen molar-refractivity contribution < 1.29 is 9.53 Å². The number of nitrogens with zero attached hydrogens (tertiary/aromatic N) is 2. The molecule has 2 aromatic rings. The monoisotopic (exact) mass is 406 g/mol. The van der Waals surface area contributed by atoms with Crippen molar-refractivity contribution in [2.75, 3.05) is 14.1 Å². The summed E-state index contributed by atoms with van der Waals surface area (Å²) in [6, 6.07) is 14.8. The van der Waals surface area contributed by atoms with E-state index in [1.165, 1.54) is 11.1 Å². The van der Waals surface area contributed by atoms with E-state index in [0.29, 0.717) is 0 Å². The molecule has 4 rings (SSSR count). The molecule has 2 aliphatic heterocycles. The van der Waals surface area contributed by atoms with E-state index < -0.39 is 11.4 Å². The topological polar surface area (TPSA) is 32.8 Å². The number of carbonyl (C=O) groups is 1. The highest BCUT2D eigenvalue weighted by atomic mass is 16.5. The Labute approximate surface area is 180 Å². The average molecular weight is 407 g/mol. The first kappa shape index (κ1) is 20.9. The normalized spacial score (nSPS) is 26.1. The molecule has 0 bridgehead atoms. The Balaban J connectivity index is 1.99. The van der Waals surface area contributed by atoms with Gasteiger partial charge in [0.15, 0.2) is 0 Å². The third kappa shape index (κ3) is 2.80. The van der Waals surface area contributed by atoms with Crippen LogP contribution in [0.5, 0.6) is 5.75 Å². The number of ether oxygens (including phenoxy) is 1. The predicted molar refractivity (Wildman–Crippen MR) is 121 cm³/mol. The molecule has 30 heavy (non-hydrogen) atoms. The molecule has 160 valence electrons. The van der Waals surface area contributed by atoms with E-state index >= 15 is 0 Å². The number of carbonyl (C=O) groups excluding carboxylic acids is 1. The number of hydrogen-bond donors (Lipinski definition) is 0. The van der Waals surface area contributed by atoms with Crippen molar-refractivity contribution in [3.8, 4) is 5.75 Å². The van der Waals surface area contributed by atoms with E-state index in [9.17, 15) is 4.79 Å². The summed E-state index contributed by atoms with van der Waals surface area (Å²) in [5.41, 5.74) is 3.11. The maximum absolute atomic E-state index is 13.9. The lowest BCUT2D eigenvalue weighted by Gasteiger charge is -2.47. The van der Waals surface area contributed by atoms with Crippen LogP contribution in [-0.4, -0.2) is 41.2 Å². The van der Waals surface area contributed by atoms with Gasteiger partial charge in [-0.05, 0) is 50.8 Å². The largest absolute Gasteiger partial charge is 0.462 e. The molecular weight excluding hydrogens is 372 g/mol. The molecule has 2 heterocycles. The number of likely N-dealkylation sites (N-methyl/N-ethyl adjacent to an activating group) is 2. The third-order valence-corrected chi connectivity index (χ3v) is 7.23. The number of fused-ring (bicyclic) bond motifs is 1. The Kier molecular flexibility index (Phi) is 4.59. The van der Waals surface area contributed by atoms with Gasteiger partial charge in [-0.25, -0.2) is 4.90 Å². The van der Waals surface area contributed by atoms with Crippen LogP contribution in [0.4, 0.5) is 0 Å². The quantitative estimate of drug-likeness (QED) is 0.679. The van der Waals surface area contributed by atoms with Crippen molar-refractivity contribution in [3.63, 3.8) is 0 Å². The fraction of sp³-hybridized carbons (Fsp3) is 0.500. The lowest BCUT2D eigenvalue weighted by atomic mass is 9.76. The average Bonchev–Trinajstić information content (AvgIpc) is 2.81. The van der Waals surface area contributed by atoms with E-state index in [4.69, 9.17) is 4.74 Å². The van der Waals surface area contributed by atoms with Gasteiger partial charge < -0.3 is 9.64 Å². The predicted octanol–water partition coefficient (Wildman–Crippen LogP) is 4.85. The molecule has 0 N–H and O–H groups in total. The van der Waals surface area contributed by atoms with Crippen LogP contribution in [0.3, 0.4) is 0 Å². The van der Waals surface area contributed by atoms with Crippen LogP contribution in [0.15, 0.2) is 42.5 Å². The van der Waals surface area contributed by atoms with Crippen molar-refractivity contribution in [1.29, 1.82) is 0 Å². The van der Waals surface area contributed by atoms with Gasteiger partial charge >= 0.3 is 0 Å². The summed E-state index contributed by atoms with van der Waals surface area (Å²) in [7, 11) is 3.90. The molecule has 4 heteroatoms. The number of hydrogen-bond acceptors (Lipinski definition) is 3. The second kappa shape index (κ2) is 6.58. The van der Waals surface area contributed by atoms with Crippen molar-refractivity contribution in [2.45, 2.75) is 70.7 Å². The molecule has 0 unspecified atom stereocenters. The summed E-state index contributed by atoms with van der Waals surface area (Å²) in [5, 5.41) is 0. The van der Waals surface area contributed by atoms with E-state index in [1.807, 2.05) is 37.2 Å². The van der Waals surface area contributed by atoms with Gasteiger partial charge in [0.05, 0.1) is 11.6 Å². The molecule has 0 radical (unpaired) electrons. The van der Waals surface area contributed by atoms with Crippen LogP contribution >= 0.6 is 0 Å². The summed E-state index contributed by atoms with van der Waals surface area (Å²) in [6.45, 7) is 12.9. The Hall–Kier alpha value is -2.33. The molecule has 4 nitrogen and oxygen atoms in total. The Morgan fingerprint density at radius 1 is 1.07 bits per heavy atom. The molecule has 1 spiro atoms. The Morgan fingerprint density at radius 2 is 1.70 bits per heavy atom. The second-order valence-electron chi connectivity index (χ2n) is 10.4. The standard InChI is InChI=1S/C26H34N2O2/c1-17-14-19-16-20(18-12-10-9-11-13-18)26(23(29)27(7)25(5,6)28(26)8)30-22(19)21(15-17)24(2,3)4/h9-15,20H,16H2,1-8H3/t20-,26-/m1/s1. The third-order valence-electron chi connectivity index (χ3n) is 7.23. The minimum absolute atomic E-state index is 0.0231. The SMILES string of the molecule is Cc1cc2c(c(C(C)(C)C)c1)O[C@@]1(C(=O)N(C)C(C)(C)N1C)[C@@H](c1ccccc1)C2. The number of amides is 1. The van der Waals surface area contributed by atoms with Gasteiger partial charge in [-0.3, -0.25) is 4.79 Å². The summed E-state index contributed by atoms with van der Waals surface area (Å²) in [6.07, 6.45) is 0.768.